The summed E-state index contributed by atoms with van der Waals surface area (Å²) in [6.45, 7) is -1.95. The Balaban J connectivity index is 1.04. The Labute approximate surface area is 558 Å². The molecule has 0 unspecified atom stereocenters. The van der Waals surface area contributed by atoms with E-state index in [0.717, 1.165) is 84.9 Å². The number of nitrogens with zero attached hydrogens (tertiary/aromatic N) is 6. The number of hydrazone groups is 2. The molecule has 1 amide bonds. The molecule has 50 heteroatoms. The smallest absolute Gasteiger partial charge is 0.396 e. The van der Waals surface area contributed by atoms with Crippen molar-refractivity contribution < 1.29 is 130 Å². The number of allylic oxidation sites excluding steroid dienone is 2. The van der Waals surface area contributed by atoms with Gasteiger partial charge in [-0.25, -0.2) is 25.2 Å². The molecule has 2 aliphatic carbocycles. The van der Waals surface area contributed by atoms with Crippen molar-refractivity contribution in [1.82, 2.24) is 0 Å². The fourth-order valence-electron chi connectivity index (χ4n) is 8.64. The number of carbonyl (C=O) groups excluding carboxylic acids is 3. The summed E-state index contributed by atoms with van der Waals surface area (Å²) in [7, 11) is -45.7. The quantitative estimate of drug-likeness (QED) is 0.0168. The minimum atomic E-state index is -5.61. The van der Waals surface area contributed by atoms with Crippen LogP contribution >= 0.6 is 0 Å². The van der Waals surface area contributed by atoms with Crippen molar-refractivity contribution in [3.8, 4) is 0 Å². The molecule has 0 heterocycles. The van der Waals surface area contributed by atoms with Gasteiger partial charge >= 0.3 is 20.8 Å². The number of anilines is 5. The van der Waals surface area contributed by atoms with Crippen LogP contribution in [-0.2, 0) is 99.4 Å². The molecule has 0 radical (unpaired) electrons. The van der Waals surface area contributed by atoms with E-state index in [2.05, 4.69) is 49.8 Å². The highest BCUT2D eigenvalue weighted by Gasteiger charge is 2.39. The summed E-state index contributed by atoms with van der Waals surface area (Å²) in [4.78, 5) is 35.0. The first-order valence-electron chi connectivity index (χ1n) is 25.8. The van der Waals surface area contributed by atoms with Crippen molar-refractivity contribution in [3.63, 3.8) is 0 Å². The number of nitrogens with two attached hydrogens (primary N) is 2. The summed E-state index contributed by atoms with van der Waals surface area (Å²) in [5.41, 5.74) is 5.64. The van der Waals surface area contributed by atoms with Gasteiger partial charge in [0.1, 0.15) is 35.9 Å². The average molecular weight is 1550 g/mol. The highest BCUT2D eigenvalue weighted by molar-refractivity contribution is 7.92. The lowest BCUT2D eigenvalue weighted by Crippen LogP contribution is -2.28. The lowest BCUT2D eigenvalue weighted by molar-refractivity contribution is 0.102. The second-order valence-corrected chi connectivity index (χ2v) is 33.0. The topological polar surface area (TPSA) is 681 Å². The van der Waals surface area contributed by atoms with E-state index in [9.17, 15) is 113 Å². The van der Waals surface area contributed by atoms with Crippen molar-refractivity contribution in [1.29, 1.82) is 0 Å². The van der Waals surface area contributed by atoms with Gasteiger partial charge in [0.2, 0.25) is 11.6 Å². The van der Waals surface area contributed by atoms with Crippen molar-refractivity contribution in [2.45, 2.75) is 24.5 Å². The van der Waals surface area contributed by atoms with Crippen molar-refractivity contribution >= 4 is 183 Å². The van der Waals surface area contributed by atoms with Crippen molar-refractivity contribution in [2.75, 3.05) is 52.4 Å². The molecule has 0 bridgehead atoms. The zero-order chi connectivity index (χ0) is 73.6. The molecular formula is C49H41N11O30S9. The number of carbonyl (C=O) groups is 3. The Hall–Kier alpha value is -9.46. The maximum atomic E-state index is 14.2. The van der Waals surface area contributed by atoms with Crippen LogP contribution in [0.1, 0.15) is 42.2 Å². The highest BCUT2D eigenvalue weighted by Crippen LogP contribution is 2.43. The number of benzene rings is 6. The molecule has 0 atom stereocenters. The van der Waals surface area contributed by atoms with Crippen LogP contribution in [0.2, 0.25) is 0 Å². The predicted molar refractivity (Wildman–Crippen MR) is 342 cm³/mol. The lowest BCUT2D eigenvalue weighted by Gasteiger charge is -2.20. The fourth-order valence-corrected chi connectivity index (χ4v) is 14.9. The van der Waals surface area contributed by atoms with Gasteiger partial charge in [-0.15, -0.1) is 10.2 Å². The van der Waals surface area contributed by atoms with Crippen molar-refractivity contribution in [3.05, 3.63) is 141 Å². The van der Waals surface area contributed by atoms with Gasteiger partial charge in [-0.3, -0.25) is 57.1 Å². The predicted octanol–water partition coefficient (Wildman–Crippen LogP) is 3.65. The molecule has 41 nitrogen and oxygen atoms in total. The van der Waals surface area contributed by atoms with Crippen LogP contribution in [0.5, 0.6) is 0 Å². The van der Waals surface area contributed by atoms with Gasteiger partial charge in [0.15, 0.2) is 31.1 Å². The van der Waals surface area contributed by atoms with Gasteiger partial charge in [-0.1, -0.05) is 0 Å². The molecule has 0 saturated carbocycles. The molecule has 2 aliphatic rings. The van der Waals surface area contributed by atoms with Crippen LogP contribution in [0.15, 0.2) is 168 Å². The zero-order valence-electron chi connectivity index (χ0n) is 48.3. The maximum absolute atomic E-state index is 14.2. The normalized spacial score (nSPS) is 15.2. The van der Waals surface area contributed by atoms with Crippen LogP contribution in [0, 0.1) is 0 Å². The molecule has 526 valence electrons. The zero-order valence-corrected chi connectivity index (χ0v) is 55.7. The van der Waals surface area contributed by atoms with E-state index in [1.54, 1.807) is 0 Å². The molecule has 8 rings (SSSR count). The minimum Gasteiger partial charge on any atom is -0.396 e. The Bertz CT molecular complexity index is 5750. The van der Waals surface area contributed by atoms with Gasteiger partial charge in [0.05, 0.1) is 79.8 Å². The summed E-state index contributed by atoms with van der Waals surface area (Å²) in [5, 5.41) is 24.7. The molecule has 0 aromatic heterocycles. The summed E-state index contributed by atoms with van der Waals surface area (Å²) >= 11 is 0. The Morgan fingerprint density at radius 3 is 1.17 bits per heavy atom. The Kier molecular flexibility index (Phi) is 21.1. The first-order chi connectivity index (χ1) is 45.5. The molecule has 0 saturated heterocycles. The molecule has 6 aromatic carbocycles. The summed E-state index contributed by atoms with van der Waals surface area (Å²) in [5.74, 6) is -5.89. The van der Waals surface area contributed by atoms with Gasteiger partial charge in [0.25, 0.3) is 56.5 Å². The second-order valence-electron chi connectivity index (χ2n) is 19.7. The first kappa shape index (κ1) is 75.3. The lowest BCUT2D eigenvalue weighted by atomic mass is 9.92. The van der Waals surface area contributed by atoms with Crippen LogP contribution < -0.4 is 27.6 Å². The molecule has 0 aliphatic heterocycles. The third-order valence-electron chi connectivity index (χ3n) is 13.0. The number of rotatable bonds is 25. The molecule has 14 N–H and O–H groups in total. The van der Waals surface area contributed by atoms with E-state index in [-0.39, 0.29) is 28.3 Å². The van der Waals surface area contributed by atoms with E-state index < -0.39 is 230 Å². The number of azo groups is 2. The fraction of sp³-hybridized carbons (Fsp3) is 0.0816. The monoisotopic (exact) mass is 1550 g/mol. The summed E-state index contributed by atoms with van der Waals surface area (Å²) < 4.78 is 297. The van der Waals surface area contributed by atoms with Crippen LogP contribution in [-0.4, -0.2) is 161 Å². The molecule has 99 heavy (non-hydrogen) atoms. The van der Waals surface area contributed by atoms with Gasteiger partial charge < -0.3 is 16.8 Å². The number of nitrogens with one attached hydrogen (secondary N) is 3. The summed E-state index contributed by atoms with van der Waals surface area (Å²) in [6, 6.07) is 15.5. The van der Waals surface area contributed by atoms with E-state index >= 15 is 0 Å². The Morgan fingerprint density at radius 2 is 0.808 bits per heavy atom. The standard InChI is InChI=1S/C49H41N11O30S9/c50-41-39-25(19-35(94(71,72)73)43(41)57-53-28-5-10-31(11-6-28)91(64,65)17-15-89-98(83,84)85)21-37(96(77,78)79)45(47(39)61)59-55-27-3-1-24(2-4-27)49(63)52-30-9-14-34(93(68,69)70)33(23-30)56-60-46-38(97(80,81)82)22-26-20-36(95(74,75)76)44(42(51)40(26)48(46)62)58-54-29-7-12-32(13-8-29)92(66,67)18-16-90-99(86,87)88/h1-14,19-23,55-56H,15-18,50-51H2,(H,52,63)(H,68,69,70)(H,71,72,73)(H,74,75,76)(H,77,78,79)(H,80,81,82)(H,83,84,85)(H,86,87,88)/b57-53?,58-54?,59-45+,60-46+. The Morgan fingerprint density at radius 1 is 0.434 bits per heavy atom. The first-order valence-corrected chi connectivity index (χ1v) is 39.1. The summed E-state index contributed by atoms with van der Waals surface area (Å²) in [6.07, 6.45) is 0.997. The number of fused-ring (bicyclic) bond motifs is 2. The molecule has 6 aromatic rings. The maximum Gasteiger partial charge on any atom is 0.397 e. The van der Waals surface area contributed by atoms with Crippen molar-refractivity contribution in [2.24, 2.45) is 30.7 Å². The van der Waals surface area contributed by atoms with E-state index in [0.29, 0.717) is 30.4 Å². The average Bonchev–Trinajstić information content (AvgIpc) is 0.745. The third-order valence-corrected chi connectivity index (χ3v) is 21.7. The van der Waals surface area contributed by atoms with Crippen LogP contribution in [0.4, 0.5) is 51.2 Å². The van der Waals surface area contributed by atoms with Crippen LogP contribution in [0.3, 0.4) is 0 Å². The van der Waals surface area contributed by atoms with E-state index in [4.69, 9.17) is 20.6 Å². The molecule has 0 fully saturated rings. The van der Waals surface area contributed by atoms with Crippen LogP contribution in [0.25, 0.3) is 12.2 Å². The number of sulfone groups is 2. The van der Waals surface area contributed by atoms with E-state index in [1.165, 1.54) is 0 Å². The number of hydrogen-bond donors (Lipinski definition) is 12. The third kappa shape index (κ3) is 18.1. The second kappa shape index (κ2) is 27.7. The number of nitrogen functional groups attached to an aromatic ring is 2. The van der Waals surface area contributed by atoms with Gasteiger partial charge in [0, 0.05) is 11.3 Å². The van der Waals surface area contributed by atoms with Gasteiger partial charge in [-0.05, 0) is 126 Å². The number of Topliss-reactive ketones (excluding diaryl/α,β-unsaturated/α-hetero) is 2. The SMILES string of the molecule is Nc1c(N=Nc2ccc(S(=O)(=O)CCOS(=O)(=O)O)cc2)c(S(=O)(=O)O)cc2c1C(=O)/C(=N/Nc1ccc(C(=O)Nc3ccc(S(=O)(=O)O)c(N/N=C4/C(=O)c5c(cc(S(=O)(=O)O)c(N=Nc6ccc(S(=O)(=O)CCOS(=O)(=O)O)cc6)c5N)C=C4S(=O)(=O)O)c3)cc1)C(S(=O)(=O)O)=C2. The number of amides is 1. The largest absolute Gasteiger partial charge is 0.397 e. The molecule has 0 spiro atoms. The number of hydrogen-bond acceptors (Lipinski definition) is 33. The molecular weight excluding hydrogens is 1510 g/mol. The van der Waals surface area contributed by atoms with Gasteiger partial charge in [-0.2, -0.15) is 79.4 Å². The highest BCUT2D eigenvalue weighted by atomic mass is 32.3. The number of ketones is 2. The minimum absolute atomic E-state index is 0.142. The van der Waals surface area contributed by atoms with E-state index in [1.807, 2.05) is 5.43 Å².